The van der Waals surface area contributed by atoms with Gasteiger partial charge in [0.1, 0.15) is 5.82 Å². The largest absolute Gasteiger partial charge is 0.379 e. The Morgan fingerprint density at radius 2 is 2.04 bits per heavy atom. The van der Waals surface area contributed by atoms with Gasteiger partial charge >= 0.3 is 0 Å². The van der Waals surface area contributed by atoms with Gasteiger partial charge in [-0.25, -0.2) is 4.39 Å². The molecule has 0 aromatic heterocycles. The van der Waals surface area contributed by atoms with Gasteiger partial charge < -0.3 is 19.9 Å². The van der Waals surface area contributed by atoms with Crippen molar-refractivity contribution in [2.75, 3.05) is 52.8 Å². The van der Waals surface area contributed by atoms with E-state index in [0.29, 0.717) is 18.8 Å². The second-order valence-corrected chi connectivity index (χ2v) is 6.52. The van der Waals surface area contributed by atoms with Crippen LogP contribution in [0.5, 0.6) is 0 Å². The summed E-state index contributed by atoms with van der Waals surface area (Å²) >= 11 is 0. The minimum atomic E-state index is -0.212. The lowest BCUT2D eigenvalue weighted by Crippen LogP contribution is -2.40. The first-order chi connectivity index (χ1) is 11.5. The van der Waals surface area contributed by atoms with Crippen LogP contribution < -0.4 is 10.2 Å². The zero-order valence-electron chi connectivity index (χ0n) is 15.6. The third-order valence-electron chi connectivity index (χ3n) is 4.14. The van der Waals surface area contributed by atoms with Crippen LogP contribution in [0.2, 0.25) is 0 Å². The SMILES string of the molecule is CN=C(NCc1ccc(N(C)C)c(F)c1)N(C)CCOCC1CC1.I. The normalized spacial score (nSPS) is 14.0. The number of benzene rings is 1. The van der Waals surface area contributed by atoms with Crippen LogP contribution in [0, 0.1) is 11.7 Å². The van der Waals surface area contributed by atoms with E-state index in [-0.39, 0.29) is 29.8 Å². The maximum Gasteiger partial charge on any atom is 0.193 e. The molecule has 1 aliphatic rings. The number of guanidine groups is 1. The average Bonchev–Trinajstić information content (AvgIpc) is 3.36. The third-order valence-corrected chi connectivity index (χ3v) is 4.14. The number of aliphatic imine (C=N–C) groups is 1. The molecule has 1 aliphatic carbocycles. The molecule has 7 heteroatoms. The molecule has 142 valence electrons. The monoisotopic (exact) mass is 464 g/mol. The number of nitrogens with zero attached hydrogens (tertiary/aromatic N) is 3. The van der Waals surface area contributed by atoms with Crippen LogP contribution in [-0.4, -0.2) is 58.8 Å². The lowest BCUT2D eigenvalue weighted by Gasteiger charge is -2.22. The van der Waals surface area contributed by atoms with Gasteiger partial charge in [0.15, 0.2) is 5.96 Å². The van der Waals surface area contributed by atoms with Crippen LogP contribution in [-0.2, 0) is 11.3 Å². The second kappa shape index (κ2) is 10.8. The molecular formula is C18H30FIN4O. The summed E-state index contributed by atoms with van der Waals surface area (Å²) in [5, 5.41) is 3.26. The average molecular weight is 464 g/mol. The first-order valence-corrected chi connectivity index (χ1v) is 8.46. The van der Waals surface area contributed by atoms with Crippen molar-refractivity contribution in [2.24, 2.45) is 10.9 Å². The maximum absolute atomic E-state index is 14.0. The van der Waals surface area contributed by atoms with Gasteiger partial charge in [0, 0.05) is 47.9 Å². The second-order valence-electron chi connectivity index (χ2n) is 6.52. The Hall–Kier alpha value is -1.09. The van der Waals surface area contributed by atoms with Crippen LogP contribution >= 0.6 is 24.0 Å². The van der Waals surface area contributed by atoms with Crippen LogP contribution in [0.25, 0.3) is 0 Å². The summed E-state index contributed by atoms with van der Waals surface area (Å²) in [7, 11) is 7.39. The summed E-state index contributed by atoms with van der Waals surface area (Å²) in [6, 6.07) is 5.29. The maximum atomic E-state index is 14.0. The summed E-state index contributed by atoms with van der Waals surface area (Å²) in [6.45, 7) is 2.88. The van der Waals surface area contributed by atoms with Gasteiger partial charge in [-0.15, -0.1) is 24.0 Å². The van der Waals surface area contributed by atoms with E-state index in [4.69, 9.17) is 4.74 Å². The first-order valence-electron chi connectivity index (χ1n) is 8.46. The number of halogens is 2. The number of hydrogen-bond donors (Lipinski definition) is 1. The van der Waals surface area contributed by atoms with Crippen LogP contribution in [0.4, 0.5) is 10.1 Å². The molecule has 0 bridgehead atoms. The number of rotatable bonds is 8. The van der Waals surface area contributed by atoms with E-state index in [9.17, 15) is 4.39 Å². The molecule has 25 heavy (non-hydrogen) atoms. The van der Waals surface area contributed by atoms with Gasteiger partial charge in [0.25, 0.3) is 0 Å². The van der Waals surface area contributed by atoms with Gasteiger partial charge in [0.2, 0.25) is 0 Å². The van der Waals surface area contributed by atoms with Crippen molar-refractivity contribution < 1.29 is 9.13 Å². The highest BCUT2D eigenvalue weighted by molar-refractivity contribution is 14.0. The molecule has 0 atom stereocenters. The molecule has 1 N–H and O–H groups in total. The number of ether oxygens (including phenoxy) is 1. The van der Waals surface area contributed by atoms with E-state index in [1.807, 2.05) is 32.1 Å². The highest BCUT2D eigenvalue weighted by Gasteiger charge is 2.21. The predicted molar refractivity (Wildman–Crippen MR) is 113 cm³/mol. The predicted octanol–water partition coefficient (Wildman–Crippen LogP) is 2.94. The highest BCUT2D eigenvalue weighted by atomic mass is 127. The molecule has 0 unspecified atom stereocenters. The fraction of sp³-hybridized carbons (Fsp3) is 0.611. The lowest BCUT2D eigenvalue weighted by atomic mass is 10.2. The number of hydrogen-bond acceptors (Lipinski definition) is 3. The van der Waals surface area contributed by atoms with E-state index >= 15 is 0 Å². The Kier molecular flexibility index (Phi) is 9.48. The summed E-state index contributed by atoms with van der Waals surface area (Å²) < 4.78 is 19.7. The Morgan fingerprint density at radius 1 is 1.32 bits per heavy atom. The summed E-state index contributed by atoms with van der Waals surface area (Å²) in [4.78, 5) is 8.06. The molecule has 5 nitrogen and oxygen atoms in total. The number of likely N-dealkylation sites (N-methyl/N-ethyl adjacent to an activating group) is 1. The van der Waals surface area contributed by atoms with E-state index < -0.39 is 0 Å². The van der Waals surface area contributed by atoms with Crippen molar-refractivity contribution in [3.05, 3.63) is 29.6 Å². The summed E-state index contributed by atoms with van der Waals surface area (Å²) in [5.41, 5.74) is 1.48. The molecule has 0 aliphatic heterocycles. The highest BCUT2D eigenvalue weighted by Crippen LogP contribution is 2.28. The van der Waals surface area contributed by atoms with Gasteiger partial charge in [-0.3, -0.25) is 4.99 Å². The van der Waals surface area contributed by atoms with Gasteiger partial charge in [0.05, 0.1) is 12.3 Å². The Bertz CT molecular complexity index is 564. The van der Waals surface area contributed by atoms with Gasteiger partial charge in [-0.2, -0.15) is 0 Å². The summed E-state index contributed by atoms with van der Waals surface area (Å²) in [5.74, 6) is 1.35. The molecule has 0 amide bonds. The topological polar surface area (TPSA) is 40.1 Å². The fourth-order valence-corrected chi connectivity index (χ4v) is 2.43. The Labute approximate surface area is 167 Å². The standard InChI is InChI=1S/C18H29FN4O.HI/c1-20-18(23(4)9-10-24-13-14-5-6-14)21-12-15-7-8-17(22(2)3)16(19)11-15;/h7-8,11,14H,5-6,9-10,12-13H2,1-4H3,(H,20,21);1H. The van der Waals surface area contributed by atoms with E-state index in [1.54, 1.807) is 24.1 Å². The van der Waals surface area contributed by atoms with Crippen LogP contribution in [0.1, 0.15) is 18.4 Å². The number of anilines is 1. The van der Waals surface area contributed by atoms with Crippen molar-refractivity contribution in [1.29, 1.82) is 0 Å². The lowest BCUT2D eigenvalue weighted by molar-refractivity contribution is 0.115. The molecule has 1 fully saturated rings. The molecule has 0 saturated heterocycles. The molecule has 1 aromatic carbocycles. The molecule has 2 rings (SSSR count). The minimum Gasteiger partial charge on any atom is -0.379 e. The quantitative estimate of drug-likeness (QED) is 0.278. The number of nitrogens with one attached hydrogen (secondary N) is 1. The Morgan fingerprint density at radius 3 is 2.60 bits per heavy atom. The minimum absolute atomic E-state index is 0. The zero-order chi connectivity index (χ0) is 17.5. The van der Waals surface area contributed by atoms with Gasteiger partial charge in [-0.1, -0.05) is 6.07 Å². The Balaban J connectivity index is 0.00000312. The molecule has 1 saturated carbocycles. The molecular weight excluding hydrogens is 434 g/mol. The summed E-state index contributed by atoms with van der Waals surface area (Å²) in [6.07, 6.45) is 2.62. The van der Waals surface area contributed by atoms with Crippen LogP contribution in [0.15, 0.2) is 23.2 Å². The zero-order valence-corrected chi connectivity index (χ0v) is 17.9. The van der Waals surface area contributed by atoms with E-state index in [0.717, 1.165) is 30.6 Å². The van der Waals surface area contributed by atoms with E-state index in [1.165, 1.54) is 12.8 Å². The van der Waals surface area contributed by atoms with Crippen molar-refractivity contribution in [3.8, 4) is 0 Å². The van der Waals surface area contributed by atoms with Gasteiger partial charge in [-0.05, 0) is 36.5 Å². The van der Waals surface area contributed by atoms with Crippen molar-refractivity contribution in [3.63, 3.8) is 0 Å². The molecule has 0 radical (unpaired) electrons. The van der Waals surface area contributed by atoms with Crippen molar-refractivity contribution in [2.45, 2.75) is 19.4 Å². The molecule has 0 heterocycles. The smallest absolute Gasteiger partial charge is 0.193 e. The first kappa shape index (κ1) is 22.0. The van der Waals surface area contributed by atoms with Crippen molar-refractivity contribution in [1.82, 2.24) is 10.2 Å². The molecule has 1 aromatic rings. The van der Waals surface area contributed by atoms with Crippen LogP contribution in [0.3, 0.4) is 0 Å². The van der Waals surface area contributed by atoms with E-state index in [2.05, 4.69) is 10.3 Å². The third kappa shape index (κ3) is 7.35. The van der Waals surface area contributed by atoms with Crippen molar-refractivity contribution >= 4 is 35.6 Å². The fourth-order valence-electron chi connectivity index (χ4n) is 2.43. The molecule has 0 spiro atoms.